The standard InChI is InChI=1S/C21H17NO.ClH.Cu/c23-21(18-12-6-2-7-13-18)16-20(17-10-4-1-5-11-17)22-19-14-8-3-9-15-19;;/h1-16,23H;1H;/q;;+1/p-1/b21-16-,22-20?;;. The van der Waals surface area contributed by atoms with Crippen LogP contribution in [-0.2, 0) is 15.1 Å². The van der Waals surface area contributed by atoms with Crippen LogP contribution in [0.2, 0.25) is 0 Å². The van der Waals surface area contributed by atoms with Crippen LogP contribution < -0.4 is 0 Å². The Morgan fingerprint density at radius 1 is 0.720 bits per heavy atom. The van der Waals surface area contributed by atoms with Crippen molar-refractivity contribution < 1.29 is 20.2 Å². The van der Waals surface area contributed by atoms with Crippen molar-refractivity contribution in [3.8, 4) is 0 Å². The molecule has 0 aliphatic rings. The Bertz CT molecular complexity index is 818. The number of aliphatic hydroxyl groups is 1. The molecule has 2 nitrogen and oxygen atoms in total. The molecule has 0 unspecified atom stereocenters. The van der Waals surface area contributed by atoms with E-state index in [1.807, 2.05) is 91.0 Å². The molecule has 0 spiro atoms. The van der Waals surface area contributed by atoms with Crippen LogP contribution in [-0.4, -0.2) is 10.8 Å². The van der Waals surface area contributed by atoms with Crippen LogP contribution in [0.3, 0.4) is 0 Å². The molecule has 1 N–H and O–H groups in total. The SMILES string of the molecule is O/C(=C\C(=Nc1ccccc1)c1ccccc1)c1ccccc1.[Cl][Cu]. The molecule has 4 heteroatoms. The molecule has 3 aromatic rings. The van der Waals surface area contributed by atoms with Gasteiger partial charge in [0, 0.05) is 17.2 Å². The Morgan fingerprint density at radius 3 is 1.68 bits per heavy atom. The van der Waals surface area contributed by atoms with Gasteiger partial charge >= 0.3 is 25.2 Å². The number of rotatable bonds is 4. The molecule has 0 aliphatic heterocycles. The molecule has 0 heterocycles. The van der Waals surface area contributed by atoms with Gasteiger partial charge in [-0.25, -0.2) is 4.99 Å². The summed E-state index contributed by atoms with van der Waals surface area (Å²) in [7, 11) is 4.20. The van der Waals surface area contributed by atoms with E-state index in [2.05, 4.69) is 30.2 Å². The average molecular weight is 398 g/mol. The van der Waals surface area contributed by atoms with E-state index in [-0.39, 0.29) is 5.76 Å². The molecule has 0 saturated carbocycles. The molecule has 25 heavy (non-hydrogen) atoms. The maximum absolute atomic E-state index is 10.4. The molecule has 3 aromatic carbocycles. The summed E-state index contributed by atoms with van der Waals surface area (Å²) in [4.78, 5) is 4.67. The van der Waals surface area contributed by atoms with Crippen LogP contribution in [0.1, 0.15) is 11.1 Å². The van der Waals surface area contributed by atoms with E-state index in [4.69, 9.17) is 0 Å². The zero-order valence-electron chi connectivity index (χ0n) is 13.3. The van der Waals surface area contributed by atoms with E-state index in [0.29, 0.717) is 0 Å². The fraction of sp³-hybridized carbons (Fsp3) is 0. The molecule has 130 valence electrons. The zero-order valence-corrected chi connectivity index (χ0v) is 15.0. The van der Waals surface area contributed by atoms with Crippen molar-refractivity contribution in [3.05, 3.63) is 108 Å². The Labute approximate surface area is 160 Å². The first kappa shape index (κ1) is 19.0. The number of para-hydroxylation sites is 1. The van der Waals surface area contributed by atoms with Crippen molar-refractivity contribution in [2.75, 3.05) is 0 Å². The molecule has 0 saturated heterocycles. The molecule has 0 atom stereocenters. The topological polar surface area (TPSA) is 32.6 Å². The summed E-state index contributed by atoms with van der Waals surface area (Å²) in [5.41, 5.74) is 3.30. The minimum atomic E-state index is 0.198. The predicted octanol–water partition coefficient (Wildman–Crippen LogP) is 6.09. The number of hydrogen-bond acceptors (Lipinski definition) is 2. The Morgan fingerprint density at radius 2 is 1.16 bits per heavy atom. The Balaban J connectivity index is 0.00000109. The Kier molecular flexibility index (Phi) is 8.00. The van der Waals surface area contributed by atoms with Crippen LogP contribution in [0.4, 0.5) is 5.69 Å². The minimum absolute atomic E-state index is 0.198. The van der Waals surface area contributed by atoms with Crippen LogP contribution in [0, 0.1) is 0 Å². The second-order valence-electron chi connectivity index (χ2n) is 5.09. The summed E-state index contributed by atoms with van der Waals surface area (Å²) in [6.45, 7) is 0. The summed E-state index contributed by atoms with van der Waals surface area (Å²) >= 11 is 3.66. The number of allylic oxidation sites excluding steroid dienone is 1. The third-order valence-corrected chi connectivity index (χ3v) is 3.42. The van der Waals surface area contributed by atoms with Gasteiger partial charge in [-0.2, -0.15) is 0 Å². The average Bonchev–Trinajstić information content (AvgIpc) is 2.71. The van der Waals surface area contributed by atoms with Gasteiger partial charge in [0.05, 0.1) is 11.4 Å². The summed E-state index contributed by atoms with van der Waals surface area (Å²) in [5, 5.41) is 10.4. The van der Waals surface area contributed by atoms with E-state index in [9.17, 15) is 5.11 Å². The molecular formula is C21H17ClCuNO. The third-order valence-electron chi connectivity index (χ3n) is 3.42. The summed E-state index contributed by atoms with van der Waals surface area (Å²) in [6.07, 6.45) is 1.71. The number of aliphatic imine (C=N–C) groups is 1. The quantitative estimate of drug-likeness (QED) is 0.322. The number of benzene rings is 3. The molecule has 0 radical (unpaired) electrons. The number of nitrogens with zero attached hydrogens (tertiary/aromatic N) is 1. The van der Waals surface area contributed by atoms with E-state index in [1.165, 1.54) is 0 Å². The van der Waals surface area contributed by atoms with Gasteiger partial charge in [-0.15, -0.1) is 0 Å². The van der Waals surface area contributed by atoms with Gasteiger partial charge in [0.25, 0.3) is 0 Å². The molecule has 0 aliphatic carbocycles. The Hall–Kier alpha value is -2.32. The number of aliphatic hydroxyl groups excluding tert-OH is 1. The predicted molar refractivity (Wildman–Crippen MR) is 102 cm³/mol. The maximum atomic E-state index is 10.4. The third kappa shape index (κ3) is 5.91. The van der Waals surface area contributed by atoms with Gasteiger partial charge in [0.2, 0.25) is 0 Å². The first-order chi connectivity index (χ1) is 12.3. The summed E-state index contributed by atoms with van der Waals surface area (Å²) in [6, 6.07) is 29.0. The van der Waals surface area contributed by atoms with Crippen molar-refractivity contribution in [1.29, 1.82) is 0 Å². The summed E-state index contributed by atoms with van der Waals surface area (Å²) < 4.78 is 0. The fourth-order valence-corrected chi connectivity index (χ4v) is 2.25. The van der Waals surface area contributed by atoms with Crippen LogP contribution >= 0.6 is 10.1 Å². The monoisotopic (exact) mass is 397 g/mol. The van der Waals surface area contributed by atoms with Crippen molar-refractivity contribution in [1.82, 2.24) is 0 Å². The van der Waals surface area contributed by atoms with Gasteiger partial charge in [-0.05, 0) is 12.1 Å². The number of hydrogen-bond donors (Lipinski definition) is 1. The van der Waals surface area contributed by atoms with Crippen LogP contribution in [0.5, 0.6) is 0 Å². The van der Waals surface area contributed by atoms with Crippen LogP contribution in [0.15, 0.2) is 102 Å². The second-order valence-corrected chi connectivity index (χ2v) is 5.09. The first-order valence-electron chi connectivity index (χ1n) is 7.59. The van der Waals surface area contributed by atoms with Crippen molar-refractivity contribution in [3.63, 3.8) is 0 Å². The fourth-order valence-electron chi connectivity index (χ4n) is 2.25. The summed E-state index contributed by atoms with van der Waals surface area (Å²) in [5.74, 6) is 0.198. The van der Waals surface area contributed by atoms with E-state index in [0.717, 1.165) is 22.5 Å². The first-order valence-corrected chi connectivity index (χ1v) is 8.89. The van der Waals surface area contributed by atoms with E-state index in [1.54, 1.807) is 6.08 Å². The van der Waals surface area contributed by atoms with Gasteiger partial charge in [-0.1, -0.05) is 78.9 Å². The zero-order chi connectivity index (χ0) is 17.9. The molecule has 0 fully saturated rings. The molecule has 0 amide bonds. The van der Waals surface area contributed by atoms with Gasteiger partial charge in [-0.3, -0.25) is 0 Å². The normalized spacial score (nSPS) is 11.5. The van der Waals surface area contributed by atoms with Gasteiger partial charge in [0.1, 0.15) is 5.76 Å². The number of halogens is 1. The van der Waals surface area contributed by atoms with Crippen molar-refractivity contribution in [2.45, 2.75) is 0 Å². The molecule has 0 bridgehead atoms. The van der Waals surface area contributed by atoms with E-state index >= 15 is 0 Å². The van der Waals surface area contributed by atoms with Gasteiger partial charge in [0.15, 0.2) is 0 Å². The molecule has 3 rings (SSSR count). The van der Waals surface area contributed by atoms with Crippen molar-refractivity contribution >= 4 is 27.3 Å². The van der Waals surface area contributed by atoms with Crippen LogP contribution in [0.25, 0.3) is 5.76 Å². The van der Waals surface area contributed by atoms with E-state index < -0.39 is 0 Å². The van der Waals surface area contributed by atoms with Crippen molar-refractivity contribution in [2.24, 2.45) is 4.99 Å². The van der Waals surface area contributed by atoms with Gasteiger partial charge < -0.3 is 5.11 Å². The second kappa shape index (κ2) is 10.5. The molecular weight excluding hydrogens is 381 g/mol. The molecule has 0 aromatic heterocycles.